The topological polar surface area (TPSA) is 64.4 Å². The second kappa shape index (κ2) is 5.19. The predicted octanol–water partition coefficient (Wildman–Crippen LogP) is 2.77. The molecule has 1 N–H and O–H groups in total. The number of rotatable bonds is 4. The summed E-state index contributed by atoms with van der Waals surface area (Å²) < 4.78 is 6.49. The van der Waals surface area contributed by atoms with E-state index >= 15 is 0 Å². The van der Waals surface area contributed by atoms with Crippen molar-refractivity contribution in [3.8, 4) is 0 Å². The molecule has 3 atom stereocenters. The molecule has 0 aromatic heterocycles. The molecule has 2 saturated heterocycles. The van der Waals surface area contributed by atoms with Crippen molar-refractivity contribution >= 4 is 21.6 Å². The van der Waals surface area contributed by atoms with Gasteiger partial charge in [-0.25, -0.2) is 0 Å². The molecule has 2 fully saturated rings. The lowest BCUT2D eigenvalue weighted by Gasteiger charge is -2.20. The van der Waals surface area contributed by atoms with E-state index in [2.05, 4.69) is 21.2 Å². The van der Waals surface area contributed by atoms with Gasteiger partial charge in [-0.15, -0.1) is 0 Å². The Morgan fingerprint density at radius 1 is 1.47 bits per heavy atom. The van der Waals surface area contributed by atoms with E-state index in [4.69, 9.17) is 4.74 Å². The van der Waals surface area contributed by atoms with Crippen molar-refractivity contribution < 1.29 is 9.66 Å². The highest BCUT2D eigenvalue weighted by Crippen LogP contribution is 2.34. The number of fused-ring (bicyclic) bond motifs is 2. The van der Waals surface area contributed by atoms with Crippen molar-refractivity contribution in [1.29, 1.82) is 0 Å². The number of nitrogens with zero attached hydrogens (tertiary/aromatic N) is 1. The standard InChI is InChI=1S/C13H15BrN2O3/c14-9-2-1-8(12(5-9)16(17)18)7-15-11-6-10-3-4-13(11)19-10/h1-2,5,10-11,13,15H,3-4,6-7H2. The van der Waals surface area contributed by atoms with E-state index in [1.807, 2.05) is 6.07 Å². The lowest BCUT2D eigenvalue weighted by molar-refractivity contribution is -0.385. The number of benzene rings is 1. The van der Waals surface area contributed by atoms with Crippen LogP contribution in [0.25, 0.3) is 0 Å². The zero-order valence-electron chi connectivity index (χ0n) is 10.3. The van der Waals surface area contributed by atoms with Gasteiger partial charge < -0.3 is 10.1 Å². The summed E-state index contributed by atoms with van der Waals surface area (Å²) in [6.45, 7) is 0.515. The molecule has 2 aliphatic rings. The number of nitrogens with one attached hydrogen (secondary N) is 1. The fourth-order valence-electron chi connectivity index (χ4n) is 2.95. The predicted molar refractivity (Wildman–Crippen MR) is 73.9 cm³/mol. The first-order valence-corrected chi connectivity index (χ1v) is 7.24. The average molecular weight is 327 g/mol. The van der Waals surface area contributed by atoms with Crippen molar-refractivity contribution in [3.05, 3.63) is 38.3 Å². The Morgan fingerprint density at radius 3 is 2.95 bits per heavy atom. The van der Waals surface area contributed by atoms with E-state index in [9.17, 15) is 10.1 Å². The summed E-state index contributed by atoms with van der Waals surface area (Å²) in [6, 6.07) is 5.51. The molecule has 0 amide bonds. The van der Waals surface area contributed by atoms with Crippen LogP contribution < -0.4 is 5.32 Å². The fraction of sp³-hybridized carbons (Fsp3) is 0.538. The summed E-state index contributed by atoms with van der Waals surface area (Å²) in [5.41, 5.74) is 0.877. The maximum absolute atomic E-state index is 11.0. The van der Waals surface area contributed by atoms with Gasteiger partial charge >= 0.3 is 0 Å². The van der Waals surface area contributed by atoms with Gasteiger partial charge in [0.1, 0.15) is 0 Å². The first-order valence-electron chi connectivity index (χ1n) is 6.45. The molecule has 1 aromatic rings. The van der Waals surface area contributed by atoms with E-state index < -0.39 is 0 Å². The quantitative estimate of drug-likeness (QED) is 0.682. The SMILES string of the molecule is O=[N+]([O-])c1cc(Br)ccc1CNC1CC2CCC1O2. The Hall–Kier alpha value is -0.980. The van der Waals surface area contributed by atoms with Crippen molar-refractivity contribution in [2.75, 3.05) is 0 Å². The Kier molecular flexibility index (Phi) is 3.56. The molecule has 0 spiro atoms. The van der Waals surface area contributed by atoms with Gasteiger partial charge in [-0.05, 0) is 31.4 Å². The van der Waals surface area contributed by atoms with Gasteiger partial charge in [0.15, 0.2) is 0 Å². The number of hydrogen-bond acceptors (Lipinski definition) is 4. The van der Waals surface area contributed by atoms with E-state index in [-0.39, 0.29) is 10.6 Å². The van der Waals surface area contributed by atoms with Gasteiger partial charge in [0.05, 0.1) is 17.1 Å². The minimum Gasteiger partial charge on any atom is -0.373 e. The van der Waals surface area contributed by atoms with Crippen molar-refractivity contribution in [1.82, 2.24) is 5.32 Å². The van der Waals surface area contributed by atoms with Gasteiger partial charge in [0.2, 0.25) is 0 Å². The van der Waals surface area contributed by atoms with Gasteiger partial charge in [-0.2, -0.15) is 0 Å². The van der Waals surface area contributed by atoms with E-state index in [1.165, 1.54) is 0 Å². The monoisotopic (exact) mass is 326 g/mol. The van der Waals surface area contributed by atoms with Gasteiger partial charge in [0.25, 0.3) is 5.69 Å². The average Bonchev–Trinajstić information content (AvgIpc) is 2.99. The van der Waals surface area contributed by atoms with Gasteiger partial charge in [-0.3, -0.25) is 10.1 Å². The molecule has 0 saturated carbocycles. The lowest BCUT2D eigenvalue weighted by atomic mass is 9.95. The summed E-state index contributed by atoms with van der Waals surface area (Å²) in [5, 5.41) is 14.4. The van der Waals surface area contributed by atoms with Crippen LogP contribution >= 0.6 is 15.9 Å². The summed E-state index contributed by atoms with van der Waals surface area (Å²) in [5.74, 6) is 0. The van der Waals surface area contributed by atoms with Crippen LogP contribution in [0.5, 0.6) is 0 Å². The normalized spacial score (nSPS) is 28.8. The zero-order valence-corrected chi connectivity index (χ0v) is 11.9. The molecular weight excluding hydrogens is 312 g/mol. The Bertz CT molecular complexity index is 509. The third kappa shape index (κ3) is 2.66. The Morgan fingerprint density at radius 2 is 2.32 bits per heavy atom. The molecule has 3 rings (SSSR count). The third-order valence-corrected chi connectivity index (χ3v) is 4.40. The summed E-state index contributed by atoms with van der Waals surface area (Å²) in [7, 11) is 0. The molecule has 6 heteroatoms. The molecule has 1 aromatic carbocycles. The molecule has 5 nitrogen and oxygen atoms in total. The Balaban J connectivity index is 1.68. The summed E-state index contributed by atoms with van der Waals surface area (Å²) in [4.78, 5) is 10.7. The zero-order chi connectivity index (χ0) is 13.4. The number of halogens is 1. The minimum atomic E-state index is -0.334. The van der Waals surface area contributed by atoms with E-state index in [0.29, 0.717) is 24.8 Å². The fourth-order valence-corrected chi connectivity index (χ4v) is 3.30. The first-order chi connectivity index (χ1) is 9.13. The van der Waals surface area contributed by atoms with Crippen LogP contribution in [0, 0.1) is 10.1 Å². The molecule has 102 valence electrons. The molecule has 3 unspecified atom stereocenters. The van der Waals surface area contributed by atoms with Gasteiger partial charge in [-0.1, -0.05) is 15.9 Å². The minimum absolute atomic E-state index is 0.158. The van der Waals surface area contributed by atoms with Crippen LogP contribution in [-0.4, -0.2) is 23.2 Å². The maximum Gasteiger partial charge on any atom is 0.275 e. The summed E-state index contributed by atoms with van der Waals surface area (Å²) in [6.07, 6.45) is 3.96. The summed E-state index contributed by atoms with van der Waals surface area (Å²) >= 11 is 3.26. The van der Waals surface area contributed by atoms with E-state index in [1.54, 1.807) is 12.1 Å². The molecule has 2 bridgehead atoms. The van der Waals surface area contributed by atoms with Crippen LogP contribution in [0.3, 0.4) is 0 Å². The van der Waals surface area contributed by atoms with Crippen LogP contribution in [0.1, 0.15) is 24.8 Å². The maximum atomic E-state index is 11.0. The second-order valence-electron chi connectivity index (χ2n) is 5.13. The largest absolute Gasteiger partial charge is 0.373 e. The lowest BCUT2D eigenvalue weighted by Crippen LogP contribution is -2.37. The van der Waals surface area contributed by atoms with Crippen molar-refractivity contribution in [2.24, 2.45) is 0 Å². The van der Waals surface area contributed by atoms with Crippen LogP contribution in [-0.2, 0) is 11.3 Å². The van der Waals surface area contributed by atoms with Gasteiger partial charge in [0, 0.05) is 28.7 Å². The molecule has 19 heavy (non-hydrogen) atoms. The highest BCUT2D eigenvalue weighted by atomic mass is 79.9. The molecule has 2 aliphatic heterocycles. The highest BCUT2D eigenvalue weighted by molar-refractivity contribution is 9.10. The van der Waals surface area contributed by atoms with Crippen LogP contribution in [0.2, 0.25) is 0 Å². The van der Waals surface area contributed by atoms with E-state index in [0.717, 1.165) is 29.3 Å². The number of ether oxygens (including phenoxy) is 1. The highest BCUT2D eigenvalue weighted by Gasteiger charge is 2.40. The smallest absolute Gasteiger partial charge is 0.275 e. The van der Waals surface area contributed by atoms with Crippen molar-refractivity contribution in [2.45, 2.75) is 44.1 Å². The second-order valence-corrected chi connectivity index (χ2v) is 6.04. The number of nitro groups is 1. The Labute approximate surface area is 119 Å². The van der Waals surface area contributed by atoms with Crippen molar-refractivity contribution in [3.63, 3.8) is 0 Å². The molecule has 2 heterocycles. The molecule has 0 aliphatic carbocycles. The number of nitro benzene ring substituents is 1. The first kappa shape index (κ1) is 13.0. The molecular formula is C13H15BrN2O3. The molecule has 0 radical (unpaired) electrons. The number of hydrogen-bond donors (Lipinski definition) is 1. The van der Waals surface area contributed by atoms with Crippen LogP contribution in [0.15, 0.2) is 22.7 Å². The third-order valence-electron chi connectivity index (χ3n) is 3.90. The van der Waals surface area contributed by atoms with Crippen LogP contribution in [0.4, 0.5) is 5.69 Å².